The van der Waals surface area contributed by atoms with Crippen LogP contribution in [0.2, 0.25) is 0 Å². The van der Waals surface area contributed by atoms with E-state index in [9.17, 15) is 4.79 Å². The predicted molar refractivity (Wildman–Crippen MR) is 66.3 cm³/mol. The van der Waals surface area contributed by atoms with Crippen LogP contribution in [0.1, 0.15) is 43.7 Å². The van der Waals surface area contributed by atoms with Crippen LogP contribution in [0, 0.1) is 5.92 Å². The SMILES string of the molecule is CCC(CN)C(=O)c1c(OC)cnn1C(C)C. The Bertz CT molecular complexity index is 381. The number of rotatable bonds is 6. The highest BCUT2D eigenvalue weighted by Crippen LogP contribution is 2.24. The van der Waals surface area contributed by atoms with Crippen molar-refractivity contribution in [1.29, 1.82) is 0 Å². The molecule has 5 heteroatoms. The van der Waals surface area contributed by atoms with Gasteiger partial charge in [-0.25, -0.2) is 0 Å². The zero-order valence-corrected chi connectivity index (χ0v) is 10.9. The van der Waals surface area contributed by atoms with Gasteiger partial charge in [0.1, 0.15) is 5.69 Å². The third-order valence-electron chi connectivity index (χ3n) is 2.85. The number of nitrogens with zero attached hydrogens (tertiary/aromatic N) is 2. The molecular formula is C12H21N3O2. The Balaban J connectivity index is 3.17. The summed E-state index contributed by atoms with van der Waals surface area (Å²) < 4.78 is 6.89. The lowest BCUT2D eigenvalue weighted by Crippen LogP contribution is -2.26. The summed E-state index contributed by atoms with van der Waals surface area (Å²) in [7, 11) is 1.54. The molecule has 1 rings (SSSR count). The van der Waals surface area contributed by atoms with Gasteiger partial charge in [0.15, 0.2) is 11.5 Å². The predicted octanol–water partition coefficient (Wildman–Crippen LogP) is 1.64. The van der Waals surface area contributed by atoms with Crippen LogP contribution in [0.4, 0.5) is 0 Å². The van der Waals surface area contributed by atoms with Crippen LogP contribution < -0.4 is 10.5 Å². The Morgan fingerprint density at radius 1 is 1.59 bits per heavy atom. The van der Waals surface area contributed by atoms with E-state index in [1.165, 1.54) is 0 Å². The first-order valence-electron chi connectivity index (χ1n) is 5.92. The van der Waals surface area contributed by atoms with Gasteiger partial charge in [-0.3, -0.25) is 9.48 Å². The van der Waals surface area contributed by atoms with E-state index in [1.807, 2.05) is 20.8 Å². The van der Waals surface area contributed by atoms with Crippen molar-refractivity contribution in [2.45, 2.75) is 33.2 Å². The van der Waals surface area contributed by atoms with Crippen LogP contribution in [0.5, 0.6) is 5.75 Å². The first-order chi connectivity index (χ1) is 8.06. The van der Waals surface area contributed by atoms with Crippen LogP contribution >= 0.6 is 0 Å². The minimum absolute atomic E-state index is 0.0121. The van der Waals surface area contributed by atoms with E-state index in [2.05, 4.69) is 5.10 Å². The van der Waals surface area contributed by atoms with Crippen molar-refractivity contribution in [3.05, 3.63) is 11.9 Å². The molecule has 17 heavy (non-hydrogen) atoms. The molecule has 1 aromatic rings. The van der Waals surface area contributed by atoms with Crippen LogP contribution in [0.3, 0.4) is 0 Å². The fourth-order valence-corrected chi connectivity index (χ4v) is 1.77. The maximum atomic E-state index is 12.4. The maximum Gasteiger partial charge on any atom is 0.188 e. The molecule has 0 spiro atoms. The number of carbonyl (C=O) groups is 1. The summed E-state index contributed by atoms with van der Waals surface area (Å²) in [5.41, 5.74) is 6.14. The molecule has 0 aliphatic carbocycles. The van der Waals surface area contributed by atoms with Gasteiger partial charge in [-0.2, -0.15) is 5.10 Å². The Morgan fingerprint density at radius 2 is 2.24 bits per heavy atom. The van der Waals surface area contributed by atoms with E-state index in [4.69, 9.17) is 10.5 Å². The number of Topliss-reactive ketones (excluding diaryl/α,β-unsaturated/α-hetero) is 1. The monoisotopic (exact) mass is 239 g/mol. The molecule has 0 saturated heterocycles. The highest BCUT2D eigenvalue weighted by molar-refractivity contribution is 5.98. The molecular weight excluding hydrogens is 218 g/mol. The Hall–Kier alpha value is -1.36. The summed E-state index contributed by atoms with van der Waals surface area (Å²) in [6.07, 6.45) is 2.30. The number of hydrogen-bond acceptors (Lipinski definition) is 4. The molecule has 2 N–H and O–H groups in total. The number of carbonyl (C=O) groups excluding carboxylic acids is 1. The average Bonchev–Trinajstić information content (AvgIpc) is 2.73. The van der Waals surface area contributed by atoms with Gasteiger partial charge in [0.25, 0.3) is 0 Å². The molecule has 1 heterocycles. The Morgan fingerprint density at radius 3 is 2.65 bits per heavy atom. The number of hydrogen-bond donors (Lipinski definition) is 1. The fraction of sp³-hybridized carbons (Fsp3) is 0.667. The van der Waals surface area contributed by atoms with E-state index in [-0.39, 0.29) is 17.7 Å². The molecule has 0 fully saturated rings. The lowest BCUT2D eigenvalue weighted by atomic mass is 9.98. The smallest absolute Gasteiger partial charge is 0.188 e. The number of ketones is 1. The number of nitrogens with two attached hydrogens (primary N) is 1. The summed E-state index contributed by atoms with van der Waals surface area (Å²) in [5, 5.41) is 4.19. The summed E-state index contributed by atoms with van der Waals surface area (Å²) >= 11 is 0. The van der Waals surface area contributed by atoms with Gasteiger partial charge in [-0.1, -0.05) is 6.92 Å². The quantitative estimate of drug-likeness (QED) is 0.766. The second-order valence-corrected chi connectivity index (χ2v) is 4.30. The van der Waals surface area contributed by atoms with Gasteiger partial charge in [0, 0.05) is 18.5 Å². The van der Waals surface area contributed by atoms with Crippen LogP contribution in [0.15, 0.2) is 6.20 Å². The normalized spacial score (nSPS) is 12.8. The molecule has 5 nitrogen and oxygen atoms in total. The third kappa shape index (κ3) is 2.66. The molecule has 0 aliphatic heterocycles. The van der Waals surface area contributed by atoms with Crippen molar-refractivity contribution in [3.63, 3.8) is 0 Å². The lowest BCUT2D eigenvalue weighted by Gasteiger charge is -2.15. The van der Waals surface area contributed by atoms with Gasteiger partial charge in [-0.15, -0.1) is 0 Å². The molecule has 0 aromatic carbocycles. The van der Waals surface area contributed by atoms with Crippen LogP contribution in [-0.4, -0.2) is 29.2 Å². The average molecular weight is 239 g/mol. The molecule has 1 unspecified atom stereocenters. The zero-order valence-electron chi connectivity index (χ0n) is 10.9. The summed E-state index contributed by atoms with van der Waals surface area (Å²) in [6, 6.07) is 0.119. The number of ether oxygens (including phenoxy) is 1. The fourth-order valence-electron chi connectivity index (χ4n) is 1.77. The van der Waals surface area contributed by atoms with E-state index < -0.39 is 0 Å². The summed E-state index contributed by atoms with van der Waals surface area (Å²) in [5.74, 6) is 0.367. The maximum absolute atomic E-state index is 12.4. The van der Waals surface area contributed by atoms with Crippen LogP contribution in [0.25, 0.3) is 0 Å². The topological polar surface area (TPSA) is 70.1 Å². The van der Waals surface area contributed by atoms with Crippen molar-refractivity contribution in [1.82, 2.24) is 9.78 Å². The number of methoxy groups -OCH3 is 1. The van der Waals surface area contributed by atoms with E-state index in [1.54, 1.807) is 18.0 Å². The van der Waals surface area contributed by atoms with Gasteiger partial charge in [-0.05, 0) is 20.3 Å². The van der Waals surface area contributed by atoms with Crippen LogP contribution in [-0.2, 0) is 0 Å². The second kappa shape index (κ2) is 5.82. The minimum atomic E-state index is -0.168. The van der Waals surface area contributed by atoms with E-state index >= 15 is 0 Å². The summed E-state index contributed by atoms with van der Waals surface area (Å²) in [4.78, 5) is 12.4. The van der Waals surface area contributed by atoms with Crippen molar-refractivity contribution in [3.8, 4) is 5.75 Å². The molecule has 1 atom stereocenters. The standard InChI is InChI=1S/C12H21N3O2/c1-5-9(6-13)12(16)11-10(17-4)7-14-15(11)8(2)3/h7-9H,5-6,13H2,1-4H3. The van der Waals surface area contributed by atoms with Gasteiger partial charge >= 0.3 is 0 Å². The van der Waals surface area contributed by atoms with Crippen molar-refractivity contribution in [2.24, 2.45) is 11.7 Å². The Kier molecular flexibility index (Phi) is 4.69. The molecule has 1 aromatic heterocycles. The molecule has 0 bridgehead atoms. The molecule has 0 radical (unpaired) electrons. The number of aromatic nitrogens is 2. The van der Waals surface area contributed by atoms with Crippen molar-refractivity contribution >= 4 is 5.78 Å². The largest absolute Gasteiger partial charge is 0.493 e. The third-order valence-corrected chi connectivity index (χ3v) is 2.85. The Labute approximate surface area is 102 Å². The molecule has 0 saturated carbocycles. The van der Waals surface area contributed by atoms with Gasteiger partial charge in [0.2, 0.25) is 0 Å². The summed E-state index contributed by atoms with van der Waals surface area (Å²) in [6.45, 7) is 6.26. The first-order valence-corrected chi connectivity index (χ1v) is 5.92. The zero-order chi connectivity index (χ0) is 13.0. The molecule has 0 aliphatic rings. The van der Waals surface area contributed by atoms with Gasteiger partial charge < -0.3 is 10.5 Å². The highest BCUT2D eigenvalue weighted by Gasteiger charge is 2.26. The first kappa shape index (κ1) is 13.7. The van der Waals surface area contributed by atoms with E-state index in [0.29, 0.717) is 18.0 Å². The van der Waals surface area contributed by atoms with Gasteiger partial charge in [0.05, 0.1) is 13.3 Å². The second-order valence-electron chi connectivity index (χ2n) is 4.30. The van der Waals surface area contributed by atoms with Crippen molar-refractivity contribution < 1.29 is 9.53 Å². The molecule has 0 amide bonds. The highest BCUT2D eigenvalue weighted by atomic mass is 16.5. The molecule has 96 valence electrons. The van der Waals surface area contributed by atoms with Crippen molar-refractivity contribution in [2.75, 3.05) is 13.7 Å². The lowest BCUT2D eigenvalue weighted by molar-refractivity contribution is 0.0905. The van der Waals surface area contributed by atoms with E-state index in [0.717, 1.165) is 6.42 Å². The minimum Gasteiger partial charge on any atom is -0.493 e.